The predicted molar refractivity (Wildman–Crippen MR) is 71.3 cm³/mol. The van der Waals surface area contributed by atoms with Crippen LogP contribution >= 0.6 is 0 Å². The molecule has 0 fully saturated rings. The van der Waals surface area contributed by atoms with Crippen molar-refractivity contribution < 1.29 is 9.53 Å². The average Bonchev–Trinajstić information content (AvgIpc) is 2.39. The fraction of sp³-hybridized carbons (Fsp3) is 0.357. The Morgan fingerprint density at radius 3 is 3.00 bits per heavy atom. The molecule has 0 bridgehead atoms. The zero-order valence-electron chi connectivity index (χ0n) is 10.7. The number of nitrogens with one attached hydrogen (secondary N) is 2. The topological polar surface area (TPSA) is 50.4 Å². The molecular formula is C14H18N2O2. The summed E-state index contributed by atoms with van der Waals surface area (Å²) in [6.07, 6.45) is 5.08. The van der Waals surface area contributed by atoms with Gasteiger partial charge in [0.2, 0.25) is 5.91 Å². The van der Waals surface area contributed by atoms with Gasteiger partial charge in [-0.15, -0.1) is 6.42 Å². The molecule has 0 heterocycles. The molecule has 1 aromatic carbocycles. The van der Waals surface area contributed by atoms with Gasteiger partial charge in [0.15, 0.2) is 0 Å². The van der Waals surface area contributed by atoms with E-state index in [1.54, 1.807) is 7.11 Å². The summed E-state index contributed by atoms with van der Waals surface area (Å²) in [5, 5.41) is 5.72. The third-order valence-corrected chi connectivity index (χ3v) is 2.48. The molecule has 18 heavy (non-hydrogen) atoms. The van der Waals surface area contributed by atoms with E-state index >= 15 is 0 Å². The van der Waals surface area contributed by atoms with Crippen molar-refractivity contribution in [2.45, 2.75) is 13.0 Å². The van der Waals surface area contributed by atoms with Crippen molar-refractivity contribution in [3.63, 3.8) is 0 Å². The summed E-state index contributed by atoms with van der Waals surface area (Å²) in [6.45, 7) is 2.54. The van der Waals surface area contributed by atoms with Gasteiger partial charge in [0.25, 0.3) is 0 Å². The highest BCUT2D eigenvalue weighted by atomic mass is 16.5. The monoisotopic (exact) mass is 246 g/mol. The molecule has 2 N–H and O–H groups in total. The van der Waals surface area contributed by atoms with Crippen molar-refractivity contribution in [2.75, 3.05) is 20.2 Å². The van der Waals surface area contributed by atoms with Crippen LogP contribution in [0.25, 0.3) is 0 Å². The summed E-state index contributed by atoms with van der Waals surface area (Å²) >= 11 is 0. The van der Waals surface area contributed by atoms with Gasteiger partial charge in [-0.25, -0.2) is 0 Å². The Balaban J connectivity index is 2.51. The van der Waals surface area contributed by atoms with E-state index in [0.29, 0.717) is 6.54 Å². The van der Waals surface area contributed by atoms with Crippen LogP contribution in [0, 0.1) is 12.3 Å². The SMILES string of the molecule is C#CCNCC(=O)N[C@@H](C)c1cccc(OC)c1. The quantitative estimate of drug-likeness (QED) is 0.583. The standard InChI is InChI=1S/C14H18N2O2/c1-4-8-15-10-14(17)16-11(2)12-6-5-7-13(9-12)18-3/h1,5-7,9,11,15H,8,10H2,2-3H3,(H,16,17)/t11-/m0/s1. The normalized spacial score (nSPS) is 11.4. The van der Waals surface area contributed by atoms with E-state index in [1.165, 1.54) is 0 Å². The summed E-state index contributed by atoms with van der Waals surface area (Å²) in [5.74, 6) is 3.11. The summed E-state index contributed by atoms with van der Waals surface area (Å²) < 4.78 is 5.14. The first kappa shape index (κ1) is 14.1. The van der Waals surface area contributed by atoms with Crippen LogP contribution in [-0.2, 0) is 4.79 Å². The number of rotatable bonds is 6. The van der Waals surface area contributed by atoms with Gasteiger partial charge in [-0.1, -0.05) is 18.1 Å². The first-order valence-corrected chi connectivity index (χ1v) is 5.75. The zero-order valence-corrected chi connectivity index (χ0v) is 10.7. The Kier molecular flexibility index (Phi) is 5.75. The lowest BCUT2D eigenvalue weighted by molar-refractivity contribution is -0.120. The van der Waals surface area contributed by atoms with Crippen molar-refractivity contribution >= 4 is 5.91 Å². The molecule has 0 aromatic heterocycles. The van der Waals surface area contributed by atoms with Gasteiger partial charge >= 0.3 is 0 Å². The maximum Gasteiger partial charge on any atom is 0.234 e. The first-order chi connectivity index (χ1) is 8.67. The van der Waals surface area contributed by atoms with Crippen molar-refractivity contribution in [1.29, 1.82) is 0 Å². The lowest BCUT2D eigenvalue weighted by Gasteiger charge is -2.15. The van der Waals surface area contributed by atoms with E-state index in [-0.39, 0.29) is 18.5 Å². The highest BCUT2D eigenvalue weighted by Gasteiger charge is 2.09. The van der Waals surface area contributed by atoms with Gasteiger partial charge in [0.1, 0.15) is 5.75 Å². The number of hydrogen-bond donors (Lipinski definition) is 2. The highest BCUT2D eigenvalue weighted by molar-refractivity contribution is 5.78. The van der Waals surface area contributed by atoms with Crippen LogP contribution < -0.4 is 15.4 Å². The van der Waals surface area contributed by atoms with Crippen molar-refractivity contribution in [2.24, 2.45) is 0 Å². The van der Waals surface area contributed by atoms with Crippen LogP contribution in [0.4, 0.5) is 0 Å². The number of amides is 1. The van der Waals surface area contributed by atoms with Gasteiger partial charge in [-0.3, -0.25) is 10.1 Å². The molecule has 1 amide bonds. The summed E-state index contributed by atoms with van der Waals surface area (Å²) in [5.41, 5.74) is 1.000. The van der Waals surface area contributed by atoms with Crippen molar-refractivity contribution in [1.82, 2.24) is 10.6 Å². The molecule has 1 aromatic rings. The molecule has 4 nitrogen and oxygen atoms in total. The van der Waals surface area contributed by atoms with Crippen LogP contribution in [0.3, 0.4) is 0 Å². The second-order valence-corrected chi connectivity index (χ2v) is 3.87. The number of carbonyl (C=O) groups excluding carboxylic acids is 1. The largest absolute Gasteiger partial charge is 0.497 e. The molecule has 0 radical (unpaired) electrons. The summed E-state index contributed by atoms with van der Waals surface area (Å²) in [4.78, 5) is 11.6. The van der Waals surface area contributed by atoms with E-state index in [2.05, 4.69) is 16.6 Å². The lowest BCUT2D eigenvalue weighted by atomic mass is 10.1. The molecule has 4 heteroatoms. The van der Waals surface area contributed by atoms with E-state index in [1.807, 2.05) is 31.2 Å². The Hall–Kier alpha value is -1.99. The molecule has 0 unspecified atom stereocenters. The molecule has 1 atom stereocenters. The van der Waals surface area contributed by atoms with Crippen molar-refractivity contribution in [3.05, 3.63) is 29.8 Å². The van der Waals surface area contributed by atoms with E-state index < -0.39 is 0 Å². The predicted octanol–water partition coefficient (Wildman–Crippen LogP) is 1.10. The fourth-order valence-electron chi connectivity index (χ4n) is 1.53. The summed E-state index contributed by atoms with van der Waals surface area (Å²) in [7, 11) is 1.62. The van der Waals surface area contributed by atoms with Gasteiger partial charge in [0.05, 0.1) is 26.2 Å². The molecular weight excluding hydrogens is 228 g/mol. The summed E-state index contributed by atoms with van der Waals surface area (Å²) in [6, 6.07) is 7.54. The van der Waals surface area contributed by atoms with E-state index in [4.69, 9.17) is 11.2 Å². The van der Waals surface area contributed by atoms with Gasteiger partial charge in [-0.2, -0.15) is 0 Å². The number of ether oxygens (including phenoxy) is 1. The van der Waals surface area contributed by atoms with E-state index in [0.717, 1.165) is 11.3 Å². The number of benzene rings is 1. The molecule has 0 aliphatic rings. The average molecular weight is 246 g/mol. The molecule has 0 aliphatic heterocycles. The molecule has 0 saturated carbocycles. The Bertz CT molecular complexity index is 438. The fourth-order valence-corrected chi connectivity index (χ4v) is 1.53. The van der Waals surface area contributed by atoms with Gasteiger partial charge < -0.3 is 10.1 Å². The minimum Gasteiger partial charge on any atom is -0.497 e. The number of carbonyl (C=O) groups is 1. The minimum absolute atomic E-state index is 0.0692. The molecule has 0 saturated heterocycles. The number of methoxy groups -OCH3 is 1. The second kappa shape index (κ2) is 7.36. The van der Waals surface area contributed by atoms with Crippen LogP contribution in [0.1, 0.15) is 18.5 Å². The third kappa shape index (κ3) is 4.48. The first-order valence-electron chi connectivity index (χ1n) is 5.75. The van der Waals surface area contributed by atoms with Gasteiger partial charge in [-0.05, 0) is 24.6 Å². The zero-order chi connectivity index (χ0) is 13.4. The lowest BCUT2D eigenvalue weighted by Crippen LogP contribution is -2.35. The highest BCUT2D eigenvalue weighted by Crippen LogP contribution is 2.18. The molecule has 96 valence electrons. The second-order valence-electron chi connectivity index (χ2n) is 3.87. The molecule has 0 aliphatic carbocycles. The molecule has 0 spiro atoms. The van der Waals surface area contributed by atoms with Gasteiger partial charge in [0, 0.05) is 0 Å². The molecule has 1 rings (SSSR count). The Morgan fingerprint density at radius 2 is 2.33 bits per heavy atom. The minimum atomic E-state index is -0.0828. The van der Waals surface area contributed by atoms with Crippen LogP contribution in [0.15, 0.2) is 24.3 Å². The third-order valence-electron chi connectivity index (χ3n) is 2.48. The maximum absolute atomic E-state index is 11.6. The number of terminal acetylenes is 1. The smallest absolute Gasteiger partial charge is 0.234 e. The van der Waals surface area contributed by atoms with Crippen LogP contribution in [-0.4, -0.2) is 26.1 Å². The Labute approximate surface area is 108 Å². The Morgan fingerprint density at radius 1 is 1.56 bits per heavy atom. The van der Waals surface area contributed by atoms with E-state index in [9.17, 15) is 4.79 Å². The number of hydrogen-bond acceptors (Lipinski definition) is 3. The maximum atomic E-state index is 11.6. The van der Waals surface area contributed by atoms with Crippen molar-refractivity contribution in [3.8, 4) is 18.1 Å². The van der Waals surface area contributed by atoms with Crippen LogP contribution in [0.2, 0.25) is 0 Å². The van der Waals surface area contributed by atoms with Crippen LogP contribution in [0.5, 0.6) is 5.75 Å².